The molecule has 0 heterocycles. The molecule has 0 saturated carbocycles. The van der Waals surface area contributed by atoms with E-state index in [4.69, 9.17) is 5.73 Å². The number of carbonyl (C=O) groups excluding carboxylic acids is 1. The third-order valence-corrected chi connectivity index (χ3v) is 2.75. The molecule has 0 aromatic heterocycles. The van der Waals surface area contributed by atoms with E-state index in [1.807, 2.05) is 30.3 Å². The summed E-state index contributed by atoms with van der Waals surface area (Å²) < 4.78 is 0. The molecule has 0 fully saturated rings. The van der Waals surface area contributed by atoms with Crippen molar-refractivity contribution in [3.63, 3.8) is 0 Å². The average Bonchev–Trinajstić information content (AvgIpc) is 2.39. The van der Waals surface area contributed by atoms with Crippen LogP contribution in [0.5, 0.6) is 0 Å². The molecule has 2 nitrogen and oxygen atoms in total. The summed E-state index contributed by atoms with van der Waals surface area (Å²) in [6, 6.07) is 14.6. The molecule has 0 amide bonds. The Balaban J connectivity index is 2.45. The zero-order valence-electron chi connectivity index (χ0n) is 9.52. The summed E-state index contributed by atoms with van der Waals surface area (Å²) in [6.45, 7) is 3.80. The van der Waals surface area contributed by atoms with Crippen LogP contribution in [0.2, 0.25) is 0 Å². The van der Waals surface area contributed by atoms with Gasteiger partial charge < -0.3 is 5.73 Å². The van der Waals surface area contributed by atoms with E-state index in [0.29, 0.717) is 23.2 Å². The third-order valence-electron chi connectivity index (χ3n) is 2.75. The fraction of sp³-hybridized carbons (Fsp3) is 0.0667. The maximum atomic E-state index is 12.2. The Morgan fingerprint density at radius 1 is 1.06 bits per heavy atom. The SMILES string of the molecule is [CH2]Cc1cccc(C(=O)c2ccccc2)c1N. The maximum absolute atomic E-state index is 12.2. The molecule has 0 aliphatic heterocycles. The van der Waals surface area contributed by atoms with Crippen molar-refractivity contribution in [1.82, 2.24) is 0 Å². The first kappa shape index (κ1) is 11.4. The Hall–Kier alpha value is -2.09. The highest BCUT2D eigenvalue weighted by molar-refractivity contribution is 6.12. The predicted octanol–water partition coefficient (Wildman–Crippen LogP) is 2.88. The van der Waals surface area contributed by atoms with Crippen LogP contribution in [0.3, 0.4) is 0 Å². The minimum atomic E-state index is -0.0431. The number of para-hydroxylation sites is 1. The number of nitrogen functional groups attached to an aromatic ring is 1. The standard InChI is InChI=1S/C15H14NO/c1-2-11-9-6-10-13(14(11)16)15(17)12-7-4-3-5-8-12/h3-10H,1-2,16H2. The first-order valence-electron chi connectivity index (χ1n) is 5.50. The van der Waals surface area contributed by atoms with Crippen LogP contribution < -0.4 is 5.73 Å². The highest BCUT2D eigenvalue weighted by atomic mass is 16.1. The van der Waals surface area contributed by atoms with Crippen molar-refractivity contribution in [2.75, 3.05) is 5.73 Å². The monoisotopic (exact) mass is 224 g/mol. The van der Waals surface area contributed by atoms with Gasteiger partial charge in [-0.3, -0.25) is 4.79 Å². The van der Waals surface area contributed by atoms with E-state index in [9.17, 15) is 4.79 Å². The summed E-state index contributed by atoms with van der Waals surface area (Å²) in [7, 11) is 0. The minimum Gasteiger partial charge on any atom is -0.398 e. The molecule has 0 saturated heterocycles. The van der Waals surface area contributed by atoms with Crippen molar-refractivity contribution in [2.24, 2.45) is 0 Å². The predicted molar refractivity (Wildman–Crippen MR) is 69.8 cm³/mol. The number of hydrogen-bond donors (Lipinski definition) is 1. The van der Waals surface area contributed by atoms with E-state index in [-0.39, 0.29) is 5.78 Å². The smallest absolute Gasteiger partial charge is 0.195 e. The van der Waals surface area contributed by atoms with E-state index < -0.39 is 0 Å². The zero-order chi connectivity index (χ0) is 12.3. The molecule has 1 radical (unpaired) electrons. The summed E-state index contributed by atoms with van der Waals surface area (Å²) in [6.07, 6.45) is 0.585. The minimum absolute atomic E-state index is 0.0431. The molecule has 0 unspecified atom stereocenters. The van der Waals surface area contributed by atoms with Gasteiger partial charge >= 0.3 is 0 Å². The molecule has 2 heteroatoms. The lowest BCUT2D eigenvalue weighted by Gasteiger charge is -2.08. The largest absolute Gasteiger partial charge is 0.398 e. The van der Waals surface area contributed by atoms with Crippen LogP contribution in [0.15, 0.2) is 48.5 Å². The molecule has 2 N–H and O–H groups in total. The van der Waals surface area contributed by atoms with E-state index in [2.05, 4.69) is 6.92 Å². The number of nitrogens with two attached hydrogens (primary N) is 1. The van der Waals surface area contributed by atoms with Gasteiger partial charge in [0.1, 0.15) is 0 Å². The quantitative estimate of drug-likeness (QED) is 0.643. The molecule has 0 aliphatic rings. The number of ketones is 1. The highest BCUT2D eigenvalue weighted by Crippen LogP contribution is 2.21. The highest BCUT2D eigenvalue weighted by Gasteiger charge is 2.13. The molecular weight excluding hydrogens is 210 g/mol. The van der Waals surface area contributed by atoms with Gasteiger partial charge in [0.15, 0.2) is 5.78 Å². The van der Waals surface area contributed by atoms with Crippen LogP contribution in [0.1, 0.15) is 21.5 Å². The van der Waals surface area contributed by atoms with Gasteiger partial charge in [-0.15, -0.1) is 0 Å². The fourth-order valence-corrected chi connectivity index (χ4v) is 1.77. The van der Waals surface area contributed by atoms with Gasteiger partial charge in [-0.2, -0.15) is 0 Å². The van der Waals surface area contributed by atoms with E-state index in [1.165, 1.54) is 0 Å². The van der Waals surface area contributed by atoms with Gasteiger partial charge in [-0.25, -0.2) is 0 Å². The summed E-state index contributed by atoms with van der Waals surface area (Å²) >= 11 is 0. The van der Waals surface area contributed by atoms with Crippen LogP contribution in [-0.4, -0.2) is 5.78 Å². The van der Waals surface area contributed by atoms with Crippen molar-refractivity contribution >= 4 is 11.5 Å². The Kier molecular flexibility index (Phi) is 3.24. The zero-order valence-corrected chi connectivity index (χ0v) is 9.52. The Morgan fingerprint density at radius 2 is 1.76 bits per heavy atom. The number of hydrogen-bond acceptors (Lipinski definition) is 2. The van der Waals surface area contributed by atoms with Crippen molar-refractivity contribution < 1.29 is 4.79 Å². The Bertz CT molecular complexity index is 532. The topological polar surface area (TPSA) is 43.1 Å². The summed E-state index contributed by atoms with van der Waals surface area (Å²) in [4.78, 5) is 12.2. The van der Waals surface area contributed by atoms with Gasteiger partial charge in [0.05, 0.1) is 0 Å². The number of anilines is 1. The second kappa shape index (κ2) is 4.83. The number of carbonyl (C=O) groups is 1. The van der Waals surface area contributed by atoms with E-state index in [1.54, 1.807) is 18.2 Å². The molecule has 17 heavy (non-hydrogen) atoms. The van der Waals surface area contributed by atoms with Crippen LogP contribution in [0.4, 0.5) is 5.69 Å². The van der Waals surface area contributed by atoms with Gasteiger partial charge in [-0.05, 0) is 25.0 Å². The van der Waals surface area contributed by atoms with Gasteiger partial charge in [0.25, 0.3) is 0 Å². The van der Waals surface area contributed by atoms with Crippen LogP contribution in [0.25, 0.3) is 0 Å². The lowest BCUT2D eigenvalue weighted by Crippen LogP contribution is -2.07. The first-order valence-corrected chi connectivity index (χ1v) is 5.50. The third kappa shape index (κ3) is 2.21. The molecule has 85 valence electrons. The fourth-order valence-electron chi connectivity index (χ4n) is 1.77. The summed E-state index contributed by atoms with van der Waals surface area (Å²) in [5.41, 5.74) is 8.62. The Morgan fingerprint density at radius 3 is 2.41 bits per heavy atom. The van der Waals surface area contributed by atoms with Crippen molar-refractivity contribution in [1.29, 1.82) is 0 Å². The van der Waals surface area contributed by atoms with Crippen molar-refractivity contribution in [2.45, 2.75) is 6.42 Å². The summed E-state index contributed by atoms with van der Waals surface area (Å²) in [5.74, 6) is -0.0431. The number of benzene rings is 2. The van der Waals surface area contributed by atoms with Crippen molar-refractivity contribution in [3.8, 4) is 0 Å². The molecule has 0 aliphatic carbocycles. The van der Waals surface area contributed by atoms with Gasteiger partial charge in [0, 0.05) is 16.8 Å². The maximum Gasteiger partial charge on any atom is 0.195 e. The lowest BCUT2D eigenvalue weighted by molar-refractivity contribution is 0.103. The van der Waals surface area contributed by atoms with Crippen LogP contribution in [0, 0.1) is 6.92 Å². The molecule has 0 atom stereocenters. The second-order valence-corrected chi connectivity index (χ2v) is 3.82. The molecular formula is C15H14NO. The van der Waals surface area contributed by atoms with Crippen LogP contribution >= 0.6 is 0 Å². The summed E-state index contributed by atoms with van der Waals surface area (Å²) in [5, 5.41) is 0. The average molecular weight is 224 g/mol. The number of rotatable bonds is 3. The lowest BCUT2D eigenvalue weighted by atomic mass is 9.98. The molecule has 2 aromatic rings. The van der Waals surface area contributed by atoms with Crippen molar-refractivity contribution in [3.05, 3.63) is 72.1 Å². The van der Waals surface area contributed by atoms with E-state index in [0.717, 1.165) is 5.56 Å². The van der Waals surface area contributed by atoms with E-state index >= 15 is 0 Å². The normalized spacial score (nSPS) is 10.2. The Labute approximate surface area is 101 Å². The first-order chi connectivity index (χ1) is 8.24. The van der Waals surface area contributed by atoms with Gasteiger partial charge in [-0.1, -0.05) is 42.5 Å². The second-order valence-electron chi connectivity index (χ2n) is 3.82. The van der Waals surface area contributed by atoms with Gasteiger partial charge in [0.2, 0.25) is 0 Å². The van der Waals surface area contributed by atoms with Crippen LogP contribution in [-0.2, 0) is 6.42 Å². The molecule has 0 bridgehead atoms. The molecule has 0 spiro atoms. The molecule has 2 rings (SSSR count). The molecule has 2 aromatic carbocycles.